The molecule has 2 atom stereocenters. The van der Waals surface area contributed by atoms with Gasteiger partial charge in [-0.05, 0) is 57.5 Å². The molecule has 2 aromatic carbocycles. The van der Waals surface area contributed by atoms with Crippen molar-refractivity contribution in [2.24, 2.45) is 0 Å². The fourth-order valence-electron chi connectivity index (χ4n) is 3.75. The molecule has 2 unspecified atom stereocenters. The van der Waals surface area contributed by atoms with Crippen molar-refractivity contribution in [3.8, 4) is 5.75 Å². The van der Waals surface area contributed by atoms with Crippen molar-refractivity contribution in [2.75, 3.05) is 19.7 Å². The fraction of sp³-hybridized carbons (Fsp3) is 0.407. The Hall–Kier alpha value is -3.18. The molecule has 3 rings (SSSR count). The number of likely N-dealkylation sites (tertiary alicyclic amines) is 1. The molecular weight excluding hydrogens is 521 g/mol. The Morgan fingerprint density at radius 1 is 1.13 bits per heavy atom. The maximum atomic E-state index is 14.0. The van der Waals surface area contributed by atoms with Crippen LogP contribution in [-0.4, -0.2) is 59.5 Å². The molecule has 2 amide bonds. The van der Waals surface area contributed by atoms with Gasteiger partial charge >= 0.3 is 12.3 Å². The monoisotopic (exact) mass is 552 g/mol. The first kappa shape index (κ1) is 29.4. The van der Waals surface area contributed by atoms with Gasteiger partial charge in [-0.1, -0.05) is 36.5 Å². The third-order valence-corrected chi connectivity index (χ3v) is 6.67. The van der Waals surface area contributed by atoms with E-state index in [1.807, 2.05) is 0 Å². The van der Waals surface area contributed by atoms with Crippen LogP contribution in [-0.2, 0) is 15.7 Å². The molecule has 11 heteroatoms. The predicted molar refractivity (Wildman–Crippen MR) is 138 cm³/mol. The third kappa shape index (κ3) is 7.44. The van der Waals surface area contributed by atoms with E-state index in [4.69, 9.17) is 9.47 Å². The summed E-state index contributed by atoms with van der Waals surface area (Å²) in [5.41, 5.74) is -1.88. The van der Waals surface area contributed by atoms with Crippen LogP contribution < -0.4 is 10.1 Å². The zero-order chi connectivity index (χ0) is 28.3. The van der Waals surface area contributed by atoms with E-state index in [1.165, 1.54) is 17.0 Å². The zero-order valence-electron chi connectivity index (χ0n) is 21.6. The molecule has 7 nitrogen and oxygen atoms in total. The Labute approximate surface area is 224 Å². The van der Waals surface area contributed by atoms with E-state index in [1.54, 1.807) is 52.0 Å². The smallest absolute Gasteiger partial charge is 0.417 e. The largest absolute Gasteiger partial charge is 0.493 e. The van der Waals surface area contributed by atoms with E-state index >= 15 is 0 Å². The molecule has 38 heavy (non-hydrogen) atoms. The van der Waals surface area contributed by atoms with Crippen LogP contribution >= 0.6 is 11.8 Å². The standard InChI is InChI=1S/C27H31F3N2O5S/c1-6-36-21-9-7-8-10-23(21)38-22-12-11-17(13-18(22)27(28,29)30)16(2)24(34)31-19-14-32(15-20(19)33)25(35)37-26(3,4)5/h7-13,19-20,33H,2,6,14-15H2,1,3-5H3,(H,31,34). The average molecular weight is 553 g/mol. The molecular formula is C27H31F3N2O5S. The molecule has 1 aliphatic heterocycles. The average Bonchev–Trinajstić information content (AvgIpc) is 3.18. The van der Waals surface area contributed by atoms with Gasteiger partial charge in [0.25, 0.3) is 5.91 Å². The maximum Gasteiger partial charge on any atom is 0.417 e. The van der Waals surface area contributed by atoms with Crippen molar-refractivity contribution >= 4 is 29.3 Å². The van der Waals surface area contributed by atoms with Gasteiger partial charge in [-0.15, -0.1) is 0 Å². The summed E-state index contributed by atoms with van der Waals surface area (Å²) in [5.74, 6) is -0.285. The van der Waals surface area contributed by atoms with Crippen molar-refractivity contribution in [3.63, 3.8) is 0 Å². The number of β-amino-alcohol motifs (C(OH)–C–C–N with tert-alkyl or cyclic N) is 1. The highest BCUT2D eigenvalue weighted by atomic mass is 32.2. The van der Waals surface area contributed by atoms with Gasteiger partial charge in [0.15, 0.2) is 0 Å². The number of aliphatic hydroxyl groups excluding tert-OH is 1. The molecule has 0 saturated carbocycles. The van der Waals surface area contributed by atoms with Gasteiger partial charge in [-0.3, -0.25) is 4.79 Å². The SMILES string of the molecule is C=C(C(=O)NC1CN(C(=O)OC(C)(C)C)CC1O)c1ccc(Sc2ccccc2OCC)c(C(F)(F)F)c1. The summed E-state index contributed by atoms with van der Waals surface area (Å²) in [6, 6.07) is 9.52. The second-order valence-corrected chi connectivity index (χ2v) is 10.8. The van der Waals surface area contributed by atoms with E-state index < -0.39 is 41.5 Å². The predicted octanol–water partition coefficient (Wildman–Crippen LogP) is 5.36. The number of hydrogen-bond donors (Lipinski definition) is 2. The quantitative estimate of drug-likeness (QED) is 0.450. The van der Waals surface area contributed by atoms with Crippen LogP contribution in [0.2, 0.25) is 0 Å². The molecule has 1 aliphatic rings. The fourth-order valence-corrected chi connectivity index (χ4v) is 4.78. The minimum Gasteiger partial charge on any atom is -0.493 e. The van der Waals surface area contributed by atoms with E-state index in [2.05, 4.69) is 11.9 Å². The van der Waals surface area contributed by atoms with Crippen molar-refractivity contribution < 1.29 is 37.3 Å². The van der Waals surface area contributed by atoms with Crippen LogP contribution in [0.3, 0.4) is 0 Å². The lowest BCUT2D eigenvalue weighted by atomic mass is 10.0. The molecule has 2 N–H and O–H groups in total. The van der Waals surface area contributed by atoms with Crippen LogP contribution in [0, 0.1) is 0 Å². The van der Waals surface area contributed by atoms with Gasteiger partial charge in [0.1, 0.15) is 11.4 Å². The topological polar surface area (TPSA) is 88.1 Å². The number of ether oxygens (including phenoxy) is 2. The number of benzene rings is 2. The lowest BCUT2D eigenvalue weighted by Gasteiger charge is -2.24. The maximum absolute atomic E-state index is 14.0. The zero-order valence-corrected chi connectivity index (χ0v) is 22.4. The van der Waals surface area contributed by atoms with Crippen molar-refractivity contribution in [1.29, 1.82) is 0 Å². The normalized spacial score (nSPS) is 17.7. The highest BCUT2D eigenvalue weighted by Gasteiger charge is 2.38. The van der Waals surface area contributed by atoms with Gasteiger partial charge in [0.05, 0.1) is 35.8 Å². The number of hydrogen-bond acceptors (Lipinski definition) is 6. The van der Waals surface area contributed by atoms with Crippen LogP contribution in [0.15, 0.2) is 58.8 Å². The number of rotatable bonds is 7. The summed E-state index contributed by atoms with van der Waals surface area (Å²) < 4.78 is 52.8. The Balaban J connectivity index is 1.76. The molecule has 2 aromatic rings. The lowest BCUT2D eigenvalue weighted by molar-refractivity contribution is -0.139. The first-order chi connectivity index (χ1) is 17.7. The molecule has 0 aliphatic carbocycles. The van der Waals surface area contributed by atoms with E-state index in [-0.39, 0.29) is 29.1 Å². The summed E-state index contributed by atoms with van der Waals surface area (Å²) in [5, 5.41) is 12.9. The minimum atomic E-state index is -4.69. The van der Waals surface area contributed by atoms with Crippen molar-refractivity contribution in [3.05, 3.63) is 60.2 Å². The molecule has 0 aromatic heterocycles. The number of nitrogens with zero attached hydrogens (tertiary/aromatic N) is 1. The summed E-state index contributed by atoms with van der Waals surface area (Å²) in [4.78, 5) is 26.9. The lowest BCUT2D eigenvalue weighted by Crippen LogP contribution is -2.43. The number of nitrogens with one attached hydrogen (secondary N) is 1. The Morgan fingerprint density at radius 2 is 1.82 bits per heavy atom. The Kier molecular flexibility index (Phi) is 9.04. The Morgan fingerprint density at radius 3 is 2.45 bits per heavy atom. The highest BCUT2D eigenvalue weighted by molar-refractivity contribution is 7.99. The summed E-state index contributed by atoms with van der Waals surface area (Å²) in [6.07, 6.45) is -6.40. The van der Waals surface area contributed by atoms with Crippen LogP contribution in [0.5, 0.6) is 5.75 Å². The highest BCUT2D eigenvalue weighted by Crippen LogP contribution is 2.43. The van der Waals surface area contributed by atoms with Gasteiger partial charge in [0.2, 0.25) is 0 Å². The van der Waals surface area contributed by atoms with Crippen LogP contribution in [0.4, 0.5) is 18.0 Å². The number of carbonyl (C=O) groups excluding carboxylic acids is 2. The number of aliphatic hydroxyl groups is 1. The number of halogens is 3. The number of alkyl halides is 3. The molecule has 1 fully saturated rings. The molecule has 0 radical (unpaired) electrons. The summed E-state index contributed by atoms with van der Waals surface area (Å²) in [6.45, 7) is 10.9. The van der Waals surface area contributed by atoms with E-state index in [0.29, 0.717) is 17.3 Å². The first-order valence-corrected chi connectivity index (χ1v) is 12.8. The van der Waals surface area contributed by atoms with Crippen molar-refractivity contribution in [2.45, 2.75) is 61.4 Å². The summed E-state index contributed by atoms with van der Waals surface area (Å²) in [7, 11) is 0. The van der Waals surface area contributed by atoms with Crippen molar-refractivity contribution in [1.82, 2.24) is 10.2 Å². The molecule has 1 saturated heterocycles. The van der Waals surface area contributed by atoms with Crippen LogP contribution in [0.1, 0.15) is 38.8 Å². The second-order valence-electron chi connectivity index (χ2n) is 9.70. The van der Waals surface area contributed by atoms with Crippen LogP contribution in [0.25, 0.3) is 5.57 Å². The molecule has 206 valence electrons. The molecule has 0 bridgehead atoms. The van der Waals surface area contributed by atoms with Gasteiger partial charge in [0, 0.05) is 17.0 Å². The molecule has 1 heterocycles. The first-order valence-electron chi connectivity index (χ1n) is 12.0. The number of para-hydroxylation sites is 1. The number of amides is 2. The van der Waals surface area contributed by atoms with Gasteiger partial charge in [-0.2, -0.15) is 13.2 Å². The minimum absolute atomic E-state index is 0.0162. The molecule has 0 spiro atoms. The Bertz CT molecular complexity index is 1200. The van der Waals surface area contributed by atoms with Gasteiger partial charge < -0.3 is 24.8 Å². The summed E-state index contributed by atoms with van der Waals surface area (Å²) >= 11 is 0.912. The van der Waals surface area contributed by atoms with E-state index in [9.17, 15) is 27.9 Å². The van der Waals surface area contributed by atoms with E-state index in [0.717, 1.165) is 17.8 Å². The number of carbonyl (C=O) groups is 2. The van der Waals surface area contributed by atoms with Gasteiger partial charge in [-0.25, -0.2) is 4.79 Å². The second kappa shape index (κ2) is 11.7. The third-order valence-electron chi connectivity index (χ3n) is 5.53.